The lowest BCUT2D eigenvalue weighted by Crippen LogP contribution is -2.74. The first-order valence-electron chi connectivity index (χ1n) is 8.80. The van der Waals surface area contributed by atoms with E-state index in [-0.39, 0.29) is 29.3 Å². The summed E-state index contributed by atoms with van der Waals surface area (Å²) >= 11 is 5.30. The summed E-state index contributed by atoms with van der Waals surface area (Å²) in [5.41, 5.74) is 2.37. The average molecular weight is 501 g/mol. The highest BCUT2D eigenvalue weighted by Crippen LogP contribution is 2.44. The molecule has 0 bridgehead atoms. The Labute approximate surface area is 192 Å². The van der Waals surface area contributed by atoms with Crippen molar-refractivity contribution in [3.63, 3.8) is 0 Å². The Morgan fingerprint density at radius 1 is 1.48 bits per heavy atom. The van der Waals surface area contributed by atoms with Crippen LogP contribution in [-0.2, 0) is 19.2 Å². The fraction of sp³-hybridized carbons (Fsp3) is 0.438. The van der Waals surface area contributed by atoms with E-state index in [0.717, 1.165) is 0 Å². The Bertz CT molecular complexity index is 1000. The van der Waals surface area contributed by atoms with Gasteiger partial charge in [0.2, 0.25) is 5.91 Å². The van der Waals surface area contributed by atoms with E-state index >= 15 is 0 Å². The molecule has 2 aromatic heterocycles. The number of aromatic nitrogens is 3. The van der Waals surface area contributed by atoms with Crippen molar-refractivity contribution in [1.29, 1.82) is 0 Å². The lowest BCUT2D eigenvalue weighted by Gasteiger charge is -2.53. The molecule has 2 aromatic rings. The van der Waals surface area contributed by atoms with Gasteiger partial charge in [-0.05, 0) is 0 Å². The molecule has 2 fully saturated rings. The van der Waals surface area contributed by atoms with Gasteiger partial charge in [-0.15, -0.1) is 33.3 Å². The van der Waals surface area contributed by atoms with Crippen LogP contribution in [0.25, 0.3) is 0 Å². The Morgan fingerprint density at radius 2 is 2.32 bits per heavy atom. The number of rotatable bonds is 8. The minimum atomic E-state index is -1.11. The standard InChI is InChI=1S/C16H16N6O5S4/c1-27-21-9(8-2-28-6-17-8)11(23)19-10-12(24)22-3-16(14(25)26,4-29-13(10)22)5-30-15-20-18-7-31-15/h2,6-7,10,13H,3-5H2,1H3,(H,19,23)(H,25,26)/t10?,13-,16?/m1/s1. The summed E-state index contributed by atoms with van der Waals surface area (Å²) < 4.78 is 0.680. The summed E-state index contributed by atoms with van der Waals surface area (Å²) in [7, 11) is 1.32. The van der Waals surface area contributed by atoms with E-state index in [1.165, 1.54) is 58.2 Å². The fourth-order valence-corrected chi connectivity index (χ4v) is 7.05. The monoisotopic (exact) mass is 500 g/mol. The Kier molecular flexibility index (Phi) is 6.45. The van der Waals surface area contributed by atoms with Gasteiger partial charge in [0.1, 0.15) is 35.1 Å². The molecule has 0 radical (unpaired) electrons. The van der Waals surface area contributed by atoms with Crippen LogP contribution in [-0.4, -0.2) is 85.3 Å². The topological polar surface area (TPSA) is 147 Å². The Hall–Kier alpha value is -2.23. The molecule has 4 heterocycles. The van der Waals surface area contributed by atoms with Gasteiger partial charge in [0.05, 0.1) is 5.51 Å². The molecule has 3 atom stereocenters. The maximum absolute atomic E-state index is 12.7. The third-order valence-electron chi connectivity index (χ3n) is 4.77. The van der Waals surface area contributed by atoms with Crippen molar-refractivity contribution < 1.29 is 24.3 Å². The third kappa shape index (κ3) is 4.26. The molecule has 0 aromatic carbocycles. The van der Waals surface area contributed by atoms with Crippen LogP contribution < -0.4 is 5.32 Å². The number of carboxylic acid groups (broad SMARTS) is 1. The van der Waals surface area contributed by atoms with Gasteiger partial charge in [-0.3, -0.25) is 14.4 Å². The number of nitrogens with one attached hydrogen (secondary N) is 1. The number of β-lactam (4-membered cyclic amide) rings is 1. The van der Waals surface area contributed by atoms with Crippen molar-refractivity contribution >= 4 is 69.7 Å². The highest BCUT2D eigenvalue weighted by Gasteiger charge is 2.57. The molecule has 164 valence electrons. The number of carbonyl (C=O) groups is 3. The highest BCUT2D eigenvalue weighted by molar-refractivity contribution is 8.01. The Morgan fingerprint density at radius 3 is 2.97 bits per heavy atom. The number of amides is 2. The molecule has 15 heteroatoms. The van der Waals surface area contributed by atoms with E-state index in [0.29, 0.717) is 15.8 Å². The predicted octanol–water partition coefficient (Wildman–Crippen LogP) is 0.608. The molecule has 2 N–H and O–H groups in total. The molecular weight excluding hydrogens is 484 g/mol. The second-order valence-corrected chi connectivity index (χ2v) is 10.6. The van der Waals surface area contributed by atoms with Gasteiger partial charge in [-0.2, -0.15) is 0 Å². The minimum Gasteiger partial charge on any atom is -0.481 e. The minimum absolute atomic E-state index is 0.0239. The lowest BCUT2D eigenvalue weighted by atomic mass is 9.89. The number of fused-ring (bicyclic) bond motifs is 1. The highest BCUT2D eigenvalue weighted by atomic mass is 32.2. The van der Waals surface area contributed by atoms with Gasteiger partial charge in [0.15, 0.2) is 10.1 Å². The molecule has 0 spiro atoms. The maximum atomic E-state index is 12.7. The van der Waals surface area contributed by atoms with Crippen LogP contribution in [0.1, 0.15) is 5.69 Å². The molecule has 4 rings (SSSR count). The number of hydrogen-bond acceptors (Lipinski definition) is 12. The number of thioether (sulfide) groups is 2. The fourth-order valence-electron chi connectivity index (χ4n) is 3.17. The number of thiazole rings is 1. The summed E-state index contributed by atoms with van der Waals surface area (Å²) in [5.74, 6) is -1.29. The molecule has 0 saturated carbocycles. The lowest BCUT2D eigenvalue weighted by molar-refractivity contribution is -0.157. The molecule has 2 amide bonds. The number of hydrogen-bond donors (Lipinski definition) is 2. The zero-order valence-corrected chi connectivity index (χ0v) is 19.2. The van der Waals surface area contributed by atoms with Crippen LogP contribution in [0, 0.1) is 5.41 Å². The first-order valence-corrected chi connectivity index (χ1v) is 12.7. The van der Waals surface area contributed by atoms with Crippen molar-refractivity contribution in [1.82, 2.24) is 25.4 Å². The first-order chi connectivity index (χ1) is 14.9. The summed E-state index contributed by atoms with van der Waals surface area (Å²) in [4.78, 5) is 47.8. The molecular formula is C16H16N6O5S4. The van der Waals surface area contributed by atoms with Gasteiger partial charge in [-0.25, -0.2) is 4.98 Å². The van der Waals surface area contributed by atoms with Gasteiger partial charge in [-0.1, -0.05) is 28.3 Å². The Balaban J connectivity index is 1.42. The summed E-state index contributed by atoms with van der Waals surface area (Å²) in [6.07, 6.45) is 0. The number of carbonyl (C=O) groups excluding carboxylic acids is 2. The van der Waals surface area contributed by atoms with Gasteiger partial charge in [0.25, 0.3) is 5.91 Å². The largest absolute Gasteiger partial charge is 0.481 e. The quantitative estimate of drug-likeness (QED) is 0.229. The third-order valence-corrected chi connectivity index (χ3v) is 9.09. The predicted molar refractivity (Wildman–Crippen MR) is 116 cm³/mol. The van der Waals surface area contributed by atoms with E-state index in [1.54, 1.807) is 16.4 Å². The van der Waals surface area contributed by atoms with Gasteiger partial charge < -0.3 is 20.2 Å². The molecule has 2 saturated heterocycles. The molecule has 2 unspecified atom stereocenters. The number of carboxylic acids is 1. The van der Waals surface area contributed by atoms with Gasteiger partial charge in [0, 0.05) is 23.4 Å². The first kappa shape index (κ1) is 22.0. The van der Waals surface area contributed by atoms with E-state index in [9.17, 15) is 19.5 Å². The zero-order valence-electron chi connectivity index (χ0n) is 16.0. The average Bonchev–Trinajstić information content (AvgIpc) is 3.48. The smallest absolute Gasteiger partial charge is 0.313 e. The summed E-state index contributed by atoms with van der Waals surface area (Å²) in [5, 5.41) is 25.3. The van der Waals surface area contributed by atoms with Crippen LogP contribution in [0.3, 0.4) is 0 Å². The summed E-state index contributed by atoms with van der Waals surface area (Å²) in [6.45, 7) is 0.0715. The van der Waals surface area contributed by atoms with Gasteiger partial charge >= 0.3 is 5.97 Å². The molecule has 2 aliphatic heterocycles. The summed E-state index contributed by atoms with van der Waals surface area (Å²) in [6, 6.07) is -0.763. The zero-order chi connectivity index (χ0) is 22.0. The van der Waals surface area contributed by atoms with Crippen molar-refractivity contribution in [2.75, 3.05) is 25.2 Å². The number of nitrogens with zero attached hydrogens (tertiary/aromatic N) is 5. The number of aliphatic carboxylic acids is 1. The maximum Gasteiger partial charge on any atom is 0.313 e. The molecule has 0 aliphatic carbocycles. The van der Waals surface area contributed by atoms with Crippen LogP contribution in [0.5, 0.6) is 0 Å². The SMILES string of the molecule is CON=C(C(=O)NC1C(=O)N2CC(CSc3nncs3)(C(=O)O)CS[C@H]12)c1cscn1. The van der Waals surface area contributed by atoms with Crippen molar-refractivity contribution in [3.05, 3.63) is 22.1 Å². The molecule has 11 nitrogen and oxygen atoms in total. The van der Waals surface area contributed by atoms with Crippen LogP contribution in [0.15, 0.2) is 25.9 Å². The van der Waals surface area contributed by atoms with Crippen LogP contribution in [0.4, 0.5) is 0 Å². The van der Waals surface area contributed by atoms with E-state index in [2.05, 4.69) is 25.7 Å². The van der Waals surface area contributed by atoms with E-state index in [1.807, 2.05) is 0 Å². The van der Waals surface area contributed by atoms with E-state index in [4.69, 9.17) is 4.84 Å². The second-order valence-electron chi connectivity index (χ2n) is 6.69. The number of oxime groups is 1. The van der Waals surface area contributed by atoms with Crippen molar-refractivity contribution in [2.24, 2.45) is 10.6 Å². The van der Waals surface area contributed by atoms with Crippen molar-refractivity contribution in [3.8, 4) is 0 Å². The van der Waals surface area contributed by atoms with Crippen LogP contribution in [0.2, 0.25) is 0 Å². The normalized spacial score (nSPS) is 25.5. The second kappa shape index (κ2) is 9.10. The van der Waals surface area contributed by atoms with E-state index < -0.39 is 23.3 Å². The molecule has 31 heavy (non-hydrogen) atoms. The molecule has 2 aliphatic rings. The van der Waals surface area contributed by atoms with Crippen LogP contribution >= 0.6 is 46.2 Å². The van der Waals surface area contributed by atoms with Crippen molar-refractivity contribution in [2.45, 2.75) is 15.8 Å².